The Labute approximate surface area is 228 Å². The zero-order chi connectivity index (χ0) is 27.8. The lowest BCUT2D eigenvalue weighted by Crippen LogP contribution is -2.62. The maximum atomic E-state index is 14.1. The molecule has 212 valence electrons. The number of aliphatic hydroxyl groups is 1. The Morgan fingerprint density at radius 3 is 2.69 bits per heavy atom. The number of amides is 1. The van der Waals surface area contributed by atoms with Crippen molar-refractivity contribution in [3.63, 3.8) is 0 Å². The molecule has 11 heteroatoms. The van der Waals surface area contributed by atoms with Crippen LogP contribution in [0.1, 0.15) is 49.9 Å². The highest BCUT2D eigenvalue weighted by molar-refractivity contribution is 5.97. The van der Waals surface area contributed by atoms with Gasteiger partial charge >= 0.3 is 0 Å². The fourth-order valence-corrected chi connectivity index (χ4v) is 5.64. The first-order chi connectivity index (χ1) is 18.6. The molecular weight excluding hydrogens is 503 g/mol. The Morgan fingerprint density at radius 2 is 2.03 bits per heavy atom. The SMILES string of the molecule is CC(C)N(C)C(=O)c1cc(F)ccc1Oc1cncnc1N1CC2(CCN(C[C@@]3(O)CC[C@@H](N)CO3)CC2)C1. The van der Waals surface area contributed by atoms with E-state index in [1.54, 1.807) is 18.1 Å². The monoisotopic (exact) mass is 542 g/mol. The molecule has 3 aliphatic heterocycles. The van der Waals surface area contributed by atoms with Crippen molar-refractivity contribution in [2.24, 2.45) is 11.1 Å². The van der Waals surface area contributed by atoms with Gasteiger partial charge in [0.05, 0.1) is 24.9 Å². The van der Waals surface area contributed by atoms with Gasteiger partial charge in [-0.25, -0.2) is 14.4 Å². The van der Waals surface area contributed by atoms with Crippen molar-refractivity contribution in [3.8, 4) is 11.5 Å². The number of nitrogens with two attached hydrogens (primary N) is 1. The zero-order valence-electron chi connectivity index (χ0n) is 23.0. The van der Waals surface area contributed by atoms with Gasteiger partial charge < -0.3 is 30.1 Å². The van der Waals surface area contributed by atoms with Crippen molar-refractivity contribution in [1.29, 1.82) is 0 Å². The molecule has 3 aliphatic rings. The fraction of sp³-hybridized carbons (Fsp3) is 0.607. The molecule has 0 radical (unpaired) electrons. The van der Waals surface area contributed by atoms with Crippen molar-refractivity contribution >= 4 is 11.7 Å². The lowest BCUT2D eigenvalue weighted by molar-refractivity contribution is -0.238. The highest BCUT2D eigenvalue weighted by Crippen LogP contribution is 2.45. The summed E-state index contributed by atoms with van der Waals surface area (Å²) in [6.07, 6.45) is 6.42. The molecule has 2 aromatic rings. The van der Waals surface area contributed by atoms with Gasteiger partial charge in [-0.2, -0.15) is 0 Å². The Balaban J connectivity index is 1.23. The number of piperidine rings is 1. The van der Waals surface area contributed by atoms with E-state index in [1.807, 2.05) is 13.8 Å². The second-order valence-electron chi connectivity index (χ2n) is 11.7. The number of carbonyl (C=O) groups excluding carboxylic acids is 1. The van der Waals surface area contributed by atoms with E-state index in [0.717, 1.165) is 45.4 Å². The van der Waals surface area contributed by atoms with Gasteiger partial charge in [0.1, 0.15) is 17.9 Å². The van der Waals surface area contributed by atoms with Gasteiger partial charge in [-0.3, -0.25) is 9.69 Å². The van der Waals surface area contributed by atoms with Crippen molar-refractivity contribution in [3.05, 3.63) is 42.1 Å². The van der Waals surface area contributed by atoms with E-state index >= 15 is 0 Å². The van der Waals surface area contributed by atoms with E-state index in [1.165, 1.54) is 24.5 Å². The van der Waals surface area contributed by atoms with Gasteiger partial charge in [0.25, 0.3) is 5.91 Å². The minimum absolute atomic E-state index is 0.00281. The summed E-state index contributed by atoms with van der Waals surface area (Å²) in [6, 6.07) is 3.90. The second kappa shape index (κ2) is 11.0. The maximum absolute atomic E-state index is 14.1. The number of likely N-dealkylation sites (tertiary alicyclic amines) is 1. The molecule has 1 aromatic carbocycles. The van der Waals surface area contributed by atoms with Crippen molar-refractivity contribution in [2.75, 3.05) is 51.3 Å². The van der Waals surface area contributed by atoms with Crippen LogP contribution in [0.4, 0.5) is 10.2 Å². The number of hydrogen-bond acceptors (Lipinski definition) is 9. The van der Waals surface area contributed by atoms with Crippen LogP contribution in [0.2, 0.25) is 0 Å². The van der Waals surface area contributed by atoms with Crippen molar-refractivity contribution in [1.82, 2.24) is 19.8 Å². The summed E-state index contributed by atoms with van der Waals surface area (Å²) in [7, 11) is 1.68. The molecule has 3 N–H and O–H groups in total. The minimum Gasteiger partial charge on any atom is -0.451 e. The van der Waals surface area contributed by atoms with Gasteiger partial charge in [0.15, 0.2) is 17.4 Å². The molecule has 3 fully saturated rings. The van der Waals surface area contributed by atoms with Crippen LogP contribution < -0.4 is 15.4 Å². The van der Waals surface area contributed by atoms with Crippen molar-refractivity contribution < 1.29 is 23.8 Å². The summed E-state index contributed by atoms with van der Waals surface area (Å²) in [6.45, 7) is 8.14. The lowest BCUT2D eigenvalue weighted by Gasteiger charge is -2.55. The third kappa shape index (κ3) is 6.01. The molecule has 1 aromatic heterocycles. The fourth-order valence-electron chi connectivity index (χ4n) is 5.64. The molecule has 0 saturated carbocycles. The molecule has 5 rings (SSSR count). The van der Waals surface area contributed by atoms with Gasteiger partial charge in [-0.15, -0.1) is 0 Å². The number of carbonyl (C=O) groups is 1. The van der Waals surface area contributed by atoms with Crippen LogP contribution in [0.3, 0.4) is 0 Å². The number of benzene rings is 1. The summed E-state index contributed by atoms with van der Waals surface area (Å²) in [5, 5.41) is 10.8. The van der Waals surface area contributed by atoms with Crippen molar-refractivity contribution in [2.45, 2.75) is 57.4 Å². The van der Waals surface area contributed by atoms with Crippen LogP contribution in [-0.2, 0) is 4.74 Å². The summed E-state index contributed by atoms with van der Waals surface area (Å²) in [5.74, 6) is -0.596. The smallest absolute Gasteiger partial charge is 0.257 e. The number of rotatable bonds is 7. The van der Waals surface area contributed by atoms with Crippen LogP contribution in [0.25, 0.3) is 0 Å². The van der Waals surface area contributed by atoms with E-state index in [2.05, 4.69) is 19.8 Å². The highest BCUT2D eigenvalue weighted by Gasteiger charge is 2.47. The largest absolute Gasteiger partial charge is 0.451 e. The van der Waals surface area contributed by atoms with E-state index < -0.39 is 11.6 Å². The third-order valence-corrected chi connectivity index (χ3v) is 8.36. The second-order valence-corrected chi connectivity index (χ2v) is 11.7. The molecule has 0 aliphatic carbocycles. The van der Waals surface area contributed by atoms with Crippen LogP contribution >= 0.6 is 0 Å². The molecule has 2 atom stereocenters. The standard InChI is InChI=1S/C28H39FN6O4/c1-19(2)33(3)26(36)22-12-20(29)4-5-23(22)39-24-13-31-18-32-25(24)35-15-27(16-35)8-10-34(11-9-27)17-28(37)7-6-21(30)14-38-28/h4-5,12-13,18-19,21,37H,6-11,14-17,30H2,1-3H3/t21-,28-/m1/s1. The molecular formula is C28H39FN6O4. The number of hydrogen-bond donors (Lipinski definition) is 2. The average molecular weight is 543 g/mol. The molecule has 0 bridgehead atoms. The van der Waals surface area contributed by atoms with E-state index in [-0.39, 0.29) is 34.7 Å². The van der Waals surface area contributed by atoms with Crippen LogP contribution in [-0.4, -0.2) is 95.0 Å². The highest BCUT2D eigenvalue weighted by atomic mass is 19.1. The van der Waals surface area contributed by atoms with E-state index in [0.29, 0.717) is 31.1 Å². The minimum atomic E-state index is -1.11. The Kier molecular flexibility index (Phi) is 7.78. The van der Waals surface area contributed by atoms with E-state index in [9.17, 15) is 14.3 Å². The summed E-state index contributed by atoms with van der Waals surface area (Å²) in [5.41, 5.74) is 6.24. The van der Waals surface area contributed by atoms with Gasteiger partial charge in [-0.1, -0.05) is 0 Å². The van der Waals surface area contributed by atoms with E-state index in [4.69, 9.17) is 15.2 Å². The maximum Gasteiger partial charge on any atom is 0.257 e. The van der Waals surface area contributed by atoms with Crippen LogP contribution in [0, 0.1) is 11.2 Å². The number of nitrogens with zero attached hydrogens (tertiary/aromatic N) is 5. The number of anilines is 1. The molecule has 4 heterocycles. The zero-order valence-corrected chi connectivity index (χ0v) is 23.0. The predicted octanol–water partition coefficient (Wildman–Crippen LogP) is 2.62. The van der Waals surface area contributed by atoms with Gasteiger partial charge in [0.2, 0.25) is 0 Å². The Hall–Kier alpha value is -2.86. The average Bonchev–Trinajstić information content (AvgIpc) is 2.90. The molecule has 0 unspecified atom stereocenters. The van der Waals surface area contributed by atoms with Crippen LogP contribution in [0.5, 0.6) is 11.5 Å². The molecule has 10 nitrogen and oxygen atoms in total. The number of aromatic nitrogens is 2. The molecule has 3 saturated heterocycles. The summed E-state index contributed by atoms with van der Waals surface area (Å²) < 4.78 is 25.9. The first-order valence-electron chi connectivity index (χ1n) is 13.7. The Morgan fingerprint density at radius 1 is 1.28 bits per heavy atom. The van der Waals surface area contributed by atoms with Crippen LogP contribution in [0.15, 0.2) is 30.7 Å². The summed E-state index contributed by atoms with van der Waals surface area (Å²) >= 11 is 0. The molecule has 1 spiro atoms. The van der Waals surface area contributed by atoms with Gasteiger partial charge in [0, 0.05) is 44.1 Å². The number of β-amino-alcohol motifs (C(OH)–C–C–N with tert-alkyl or cyclic N) is 1. The molecule has 39 heavy (non-hydrogen) atoms. The first-order valence-corrected chi connectivity index (χ1v) is 13.7. The predicted molar refractivity (Wildman–Crippen MR) is 144 cm³/mol. The molecule has 1 amide bonds. The number of halogens is 1. The van der Waals surface area contributed by atoms with Gasteiger partial charge in [-0.05, 0) is 64.4 Å². The lowest BCUT2D eigenvalue weighted by atomic mass is 9.72. The third-order valence-electron chi connectivity index (χ3n) is 8.36. The quantitative estimate of drug-likeness (QED) is 0.544. The number of ether oxygens (including phenoxy) is 2. The first kappa shape index (κ1) is 27.7. The summed E-state index contributed by atoms with van der Waals surface area (Å²) in [4.78, 5) is 27.6. The topological polar surface area (TPSA) is 117 Å². The normalized spacial score (nSPS) is 25.0. The Bertz CT molecular complexity index is 1170.